The number of carboxylic acids is 1. The van der Waals surface area contributed by atoms with Crippen molar-refractivity contribution in [1.82, 2.24) is 9.88 Å². The van der Waals surface area contributed by atoms with E-state index in [-0.39, 0.29) is 11.5 Å². The number of carbonyl (C=O) groups is 2. The number of fused-ring (bicyclic) bond motifs is 1. The third-order valence-electron chi connectivity index (χ3n) is 3.32. The summed E-state index contributed by atoms with van der Waals surface area (Å²) in [6.45, 7) is 4.37. The Kier molecular flexibility index (Phi) is 4.08. The van der Waals surface area contributed by atoms with Crippen molar-refractivity contribution in [2.45, 2.75) is 26.3 Å². The summed E-state index contributed by atoms with van der Waals surface area (Å²) in [6.07, 6.45) is 2.62. The first kappa shape index (κ1) is 14.1. The number of carboxylic acid groups (broad SMARTS) is 1. The Bertz CT molecular complexity index is 646. The Morgan fingerprint density at radius 1 is 1.35 bits per heavy atom. The smallest absolute Gasteiger partial charge is 0.337 e. The number of rotatable bonds is 5. The fraction of sp³-hybridized carbons (Fsp3) is 0.333. The average molecular weight is 274 g/mol. The number of carbonyl (C=O) groups excluding carboxylic acids is 1. The molecule has 1 heterocycles. The molecule has 0 aliphatic carbocycles. The molecule has 5 heteroatoms. The van der Waals surface area contributed by atoms with E-state index in [0.29, 0.717) is 12.1 Å². The van der Waals surface area contributed by atoms with Crippen LogP contribution in [0.1, 0.15) is 36.7 Å². The van der Waals surface area contributed by atoms with E-state index in [1.165, 1.54) is 0 Å². The molecular weight excluding hydrogens is 256 g/mol. The zero-order chi connectivity index (χ0) is 14.7. The highest BCUT2D eigenvalue weighted by atomic mass is 16.4. The van der Waals surface area contributed by atoms with Crippen LogP contribution in [-0.4, -0.2) is 28.1 Å². The molecule has 2 rings (SSSR count). The first-order chi connectivity index (χ1) is 9.56. The molecule has 2 N–H and O–H groups in total. The van der Waals surface area contributed by atoms with Crippen LogP contribution in [0.3, 0.4) is 0 Å². The van der Waals surface area contributed by atoms with Crippen molar-refractivity contribution in [3.05, 3.63) is 36.0 Å². The Morgan fingerprint density at radius 2 is 2.10 bits per heavy atom. The minimum absolute atomic E-state index is 0.107. The molecule has 0 aliphatic heterocycles. The van der Waals surface area contributed by atoms with Gasteiger partial charge in [0.1, 0.15) is 6.04 Å². The van der Waals surface area contributed by atoms with E-state index in [9.17, 15) is 14.7 Å². The van der Waals surface area contributed by atoms with Gasteiger partial charge in [0, 0.05) is 18.1 Å². The Balaban J connectivity index is 2.44. The first-order valence-corrected chi connectivity index (χ1v) is 6.66. The normalized spacial score (nSPS) is 12.3. The zero-order valence-electron chi connectivity index (χ0n) is 11.6. The van der Waals surface area contributed by atoms with Crippen molar-refractivity contribution in [2.24, 2.45) is 0 Å². The molecule has 0 saturated carbocycles. The van der Waals surface area contributed by atoms with Gasteiger partial charge in [0.25, 0.3) is 0 Å². The van der Waals surface area contributed by atoms with Crippen LogP contribution in [0, 0.1) is 0 Å². The molecule has 0 fully saturated rings. The average Bonchev–Trinajstić information content (AvgIpc) is 2.87. The number of nitrogens with one attached hydrogen (secondary N) is 1. The minimum atomic E-state index is -0.989. The molecule has 0 aliphatic rings. The molecule has 1 unspecified atom stereocenters. The number of nitrogens with zero attached hydrogens (tertiary/aromatic N) is 1. The van der Waals surface area contributed by atoms with Crippen molar-refractivity contribution in [3.8, 4) is 0 Å². The number of aromatic carboxylic acids is 1. The number of hydrogen-bond acceptors (Lipinski definition) is 2. The highest BCUT2D eigenvalue weighted by molar-refractivity contribution is 6.03. The van der Waals surface area contributed by atoms with Crippen LogP contribution in [0.2, 0.25) is 0 Å². The van der Waals surface area contributed by atoms with Crippen LogP contribution in [0.4, 0.5) is 0 Å². The van der Waals surface area contributed by atoms with Crippen molar-refractivity contribution in [1.29, 1.82) is 0 Å². The molecule has 20 heavy (non-hydrogen) atoms. The highest BCUT2D eigenvalue weighted by Gasteiger charge is 2.19. The number of benzene rings is 1. The molecule has 1 amide bonds. The summed E-state index contributed by atoms with van der Waals surface area (Å²) in [5.41, 5.74) is 0.793. The predicted molar refractivity (Wildman–Crippen MR) is 76.9 cm³/mol. The van der Waals surface area contributed by atoms with Crippen LogP contribution in [0.15, 0.2) is 30.5 Å². The molecule has 1 aromatic heterocycles. The minimum Gasteiger partial charge on any atom is -0.478 e. The third kappa shape index (κ3) is 2.52. The topological polar surface area (TPSA) is 71.3 Å². The van der Waals surface area contributed by atoms with E-state index in [0.717, 1.165) is 11.8 Å². The first-order valence-electron chi connectivity index (χ1n) is 6.66. The standard InChI is InChI=1S/C15H18N2O3/c1-3-8-16-14(18)10(2)17-9-7-11-5-4-6-12(13(11)17)15(19)20/h4-7,9-10H,3,8H2,1-2H3,(H,16,18)(H,19,20). The second-order valence-corrected chi connectivity index (χ2v) is 4.74. The van der Waals surface area contributed by atoms with Gasteiger partial charge < -0.3 is 15.0 Å². The summed E-state index contributed by atoms with van der Waals surface area (Å²) in [6, 6.07) is 6.48. The number of aromatic nitrogens is 1. The number of hydrogen-bond donors (Lipinski definition) is 2. The summed E-state index contributed by atoms with van der Waals surface area (Å²) in [5.74, 6) is -1.10. The van der Waals surface area contributed by atoms with Crippen LogP contribution >= 0.6 is 0 Å². The predicted octanol–water partition coefficient (Wildman–Crippen LogP) is 2.43. The summed E-state index contributed by atoms with van der Waals surface area (Å²) < 4.78 is 1.71. The van der Waals surface area contributed by atoms with Crippen molar-refractivity contribution < 1.29 is 14.7 Å². The second kappa shape index (κ2) is 5.77. The molecule has 5 nitrogen and oxygen atoms in total. The third-order valence-corrected chi connectivity index (χ3v) is 3.32. The molecule has 0 spiro atoms. The van der Waals surface area contributed by atoms with E-state index >= 15 is 0 Å². The van der Waals surface area contributed by atoms with Gasteiger partial charge >= 0.3 is 5.97 Å². The van der Waals surface area contributed by atoms with Gasteiger partial charge in [-0.15, -0.1) is 0 Å². The zero-order valence-corrected chi connectivity index (χ0v) is 11.6. The van der Waals surface area contributed by atoms with Crippen molar-refractivity contribution >= 4 is 22.8 Å². The molecule has 0 bridgehead atoms. The molecule has 0 saturated heterocycles. The van der Waals surface area contributed by atoms with Gasteiger partial charge in [-0.3, -0.25) is 4.79 Å². The molecule has 2 aromatic rings. The molecule has 1 aromatic carbocycles. The van der Waals surface area contributed by atoms with Gasteiger partial charge in [0.2, 0.25) is 5.91 Å². The van der Waals surface area contributed by atoms with E-state index in [1.807, 2.05) is 19.1 Å². The molecular formula is C15H18N2O3. The SMILES string of the molecule is CCCNC(=O)C(C)n1ccc2cccc(C(=O)O)c21. The van der Waals surface area contributed by atoms with Crippen LogP contribution < -0.4 is 5.32 Å². The van der Waals surface area contributed by atoms with Gasteiger partial charge in [-0.25, -0.2) is 4.79 Å². The van der Waals surface area contributed by atoms with Crippen molar-refractivity contribution in [3.63, 3.8) is 0 Å². The maximum absolute atomic E-state index is 12.0. The molecule has 106 valence electrons. The van der Waals surface area contributed by atoms with Gasteiger partial charge in [-0.2, -0.15) is 0 Å². The second-order valence-electron chi connectivity index (χ2n) is 4.74. The van der Waals surface area contributed by atoms with Gasteiger partial charge in [0.15, 0.2) is 0 Å². The lowest BCUT2D eigenvalue weighted by atomic mass is 10.1. The van der Waals surface area contributed by atoms with Crippen LogP contribution in [0.25, 0.3) is 10.9 Å². The largest absolute Gasteiger partial charge is 0.478 e. The molecule has 1 atom stereocenters. The Labute approximate surface area is 117 Å². The fourth-order valence-electron chi connectivity index (χ4n) is 2.24. The molecule has 0 radical (unpaired) electrons. The Morgan fingerprint density at radius 3 is 2.75 bits per heavy atom. The maximum atomic E-state index is 12.0. The number of amides is 1. The van der Waals surface area contributed by atoms with Crippen LogP contribution in [-0.2, 0) is 4.79 Å². The Hall–Kier alpha value is -2.30. The maximum Gasteiger partial charge on any atom is 0.337 e. The monoisotopic (exact) mass is 274 g/mol. The van der Waals surface area contributed by atoms with E-state index in [1.54, 1.807) is 29.8 Å². The summed E-state index contributed by atoms with van der Waals surface area (Å²) in [4.78, 5) is 23.4. The lowest BCUT2D eigenvalue weighted by Gasteiger charge is -2.16. The summed E-state index contributed by atoms with van der Waals surface area (Å²) >= 11 is 0. The number of para-hydroxylation sites is 1. The summed E-state index contributed by atoms with van der Waals surface area (Å²) in [5, 5.41) is 12.9. The van der Waals surface area contributed by atoms with Gasteiger partial charge in [-0.1, -0.05) is 19.1 Å². The summed E-state index contributed by atoms with van der Waals surface area (Å²) in [7, 11) is 0. The lowest BCUT2D eigenvalue weighted by Crippen LogP contribution is -2.31. The van der Waals surface area contributed by atoms with E-state index in [2.05, 4.69) is 5.32 Å². The van der Waals surface area contributed by atoms with Crippen LogP contribution in [0.5, 0.6) is 0 Å². The highest BCUT2D eigenvalue weighted by Crippen LogP contribution is 2.24. The fourth-order valence-corrected chi connectivity index (χ4v) is 2.24. The van der Waals surface area contributed by atoms with Gasteiger partial charge in [-0.05, 0) is 25.5 Å². The lowest BCUT2D eigenvalue weighted by molar-refractivity contribution is -0.123. The van der Waals surface area contributed by atoms with E-state index in [4.69, 9.17) is 0 Å². The van der Waals surface area contributed by atoms with Gasteiger partial charge in [0.05, 0.1) is 11.1 Å². The van der Waals surface area contributed by atoms with Crippen molar-refractivity contribution in [2.75, 3.05) is 6.54 Å². The quantitative estimate of drug-likeness (QED) is 0.879. The van der Waals surface area contributed by atoms with E-state index < -0.39 is 12.0 Å².